The molecule has 20 aromatic rings. The van der Waals surface area contributed by atoms with Crippen LogP contribution < -0.4 is 0 Å². The van der Waals surface area contributed by atoms with E-state index in [0.29, 0.717) is 0 Å². The van der Waals surface area contributed by atoms with Gasteiger partial charge in [0.2, 0.25) is 0 Å². The first-order chi connectivity index (χ1) is 41.4. The predicted octanol–water partition coefficient (Wildman–Crippen LogP) is 21.1. The summed E-state index contributed by atoms with van der Waals surface area (Å²) in [4.78, 5) is 3.53. The second kappa shape index (κ2) is 18.5. The number of nitrogens with one attached hydrogen (secondary N) is 1. The lowest BCUT2D eigenvalue weighted by molar-refractivity contribution is 0.669. The fourth-order valence-electron chi connectivity index (χ4n) is 13.9. The minimum absolute atomic E-state index is 0.952. The largest absolute Gasteiger partial charge is 0.456 e. The number of rotatable bonds is 0. The van der Waals surface area contributed by atoms with Crippen molar-refractivity contribution in [3.63, 3.8) is 0 Å². The molecule has 0 bridgehead atoms. The highest BCUT2D eigenvalue weighted by Crippen LogP contribution is 2.44. The Hall–Kier alpha value is -10.5. The van der Waals surface area contributed by atoms with Gasteiger partial charge in [-0.25, -0.2) is 0 Å². The lowest BCUT2D eigenvalue weighted by atomic mass is 10.1. The van der Waals surface area contributed by atoms with Crippen molar-refractivity contribution in [2.75, 3.05) is 0 Å². The van der Waals surface area contributed by atoms with E-state index >= 15 is 0 Å². The smallest absolute Gasteiger partial charge is 0.145 e. The van der Waals surface area contributed by atoms with Crippen molar-refractivity contribution in [2.24, 2.45) is 28.2 Å². The number of fused-ring (bicyclic) bond motifs is 27. The third-order valence-corrected chi connectivity index (χ3v) is 18.9. The van der Waals surface area contributed by atoms with Gasteiger partial charge in [0.1, 0.15) is 22.3 Å². The quantitative estimate of drug-likeness (QED) is 0.164. The summed E-state index contributed by atoms with van der Waals surface area (Å²) < 4.78 is 24.0. The van der Waals surface area contributed by atoms with Crippen molar-refractivity contribution < 1.29 is 8.83 Å². The average molecular weight is 1100 g/mol. The maximum absolute atomic E-state index is 6.17. The SMILES string of the molecule is Cn1c2ccccc2c2c3c(ccc21)oc1ccccc13.Cn1c2ccccc2c2c3c(ccc21)sc1ccccc13.Cn1c2ccccc2c2c3oc4ccccc4c3ccc21.Cn1c2ccccc2c2cc3[nH]c4ccccc4c3cc21. The monoisotopic (exact) mass is 1100 g/mol. The van der Waals surface area contributed by atoms with Crippen molar-refractivity contribution >= 4 is 184 Å². The first-order valence-electron chi connectivity index (χ1n) is 28.6. The van der Waals surface area contributed by atoms with Crippen LogP contribution in [0.1, 0.15) is 0 Å². The van der Waals surface area contributed by atoms with E-state index in [1.54, 1.807) is 0 Å². The molecule has 0 amide bonds. The molecule has 20 rings (SSSR count). The number of nitrogens with zero attached hydrogens (tertiary/aromatic N) is 4. The molecule has 1 N–H and O–H groups in total. The molecule has 0 radical (unpaired) electrons. The molecule has 0 fully saturated rings. The van der Waals surface area contributed by atoms with Crippen molar-refractivity contribution in [3.05, 3.63) is 243 Å². The van der Waals surface area contributed by atoms with Crippen LogP contribution >= 0.6 is 11.3 Å². The van der Waals surface area contributed by atoms with E-state index in [-0.39, 0.29) is 0 Å². The molecule has 0 unspecified atom stereocenters. The summed E-state index contributed by atoms with van der Waals surface area (Å²) in [6.45, 7) is 0. The summed E-state index contributed by atoms with van der Waals surface area (Å²) in [5, 5.41) is 20.6. The van der Waals surface area contributed by atoms with Gasteiger partial charge in [-0.05, 0) is 97.1 Å². The molecular formula is C76H53N5O2S. The van der Waals surface area contributed by atoms with E-state index in [1.165, 1.54) is 151 Å². The Labute approximate surface area is 484 Å². The van der Waals surface area contributed by atoms with Crippen LogP contribution in [0.15, 0.2) is 251 Å². The zero-order valence-corrected chi connectivity index (χ0v) is 47.4. The van der Waals surface area contributed by atoms with E-state index < -0.39 is 0 Å². The van der Waals surface area contributed by atoms with Crippen LogP contribution in [0.3, 0.4) is 0 Å². The van der Waals surface area contributed by atoms with Gasteiger partial charge in [0.15, 0.2) is 0 Å². The number of thiophene rings is 1. The maximum atomic E-state index is 6.17. The number of aryl methyl sites for hydroxylation is 4. The van der Waals surface area contributed by atoms with Crippen molar-refractivity contribution in [1.82, 2.24) is 23.3 Å². The van der Waals surface area contributed by atoms with Gasteiger partial charge in [-0.2, -0.15) is 0 Å². The molecule has 12 aromatic carbocycles. The summed E-state index contributed by atoms with van der Waals surface area (Å²) in [6, 6.07) is 85.8. The molecule has 0 aliphatic rings. The fraction of sp³-hybridized carbons (Fsp3) is 0.0526. The van der Waals surface area contributed by atoms with Gasteiger partial charge in [0, 0.05) is 168 Å². The Bertz CT molecular complexity index is 5870. The molecule has 0 spiro atoms. The Morgan fingerprint density at radius 3 is 1.42 bits per heavy atom. The first-order valence-corrected chi connectivity index (χ1v) is 29.4. The second-order valence-electron chi connectivity index (χ2n) is 22.2. The Morgan fingerprint density at radius 2 is 0.738 bits per heavy atom. The van der Waals surface area contributed by atoms with Crippen LogP contribution in [-0.4, -0.2) is 23.3 Å². The zero-order chi connectivity index (χ0) is 55.9. The molecule has 8 heteroatoms. The first kappa shape index (κ1) is 48.2. The van der Waals surface area contributed by atoms with Gasteiger partial charge in [-0.1, -0.05) is 146 Å². The summed E-state index contributed by atoms with van der Waals surface area (Å²) in [6.07, 6.45) is 0. The van der Waals surface area contributed by atoms with E-state index in [0.717, 1.165) is 22.3 Å². The van der Waals surface area contributed by atoms with Crippen LogP contribution in [0.2, 0.25) is 0 Å². The van der Waals surface area contributed by atoms with Crippen molar-refractivity contribution in [3.8, 4) is 0 Å². The highest BCUT2D eigenvalue weighted by atomic mass is 32.1. The molecule has 400 valence electrons. The number of hydrogen-bond acceptors (Lipinski definition) is 3. The number of aromatic nitrogens is 5. The van der Waals surface area contributed by atoms with Crippen molar-refractivity contribution in [2.45, 2.75) is 0 Å². The van der Waals surface area contributed by atoms with Crippen LogP contribution in [0.4, 0.5) is 0 Å². The van der Waals surface area contributed by atoms with Gasteiger partial charge in [0.25, 0.3) is 0 Å². The number of benzene rings is 12. The van der Waals surface area contributed by atoms with Crippen LogP contribution in [-0.2, 0) is 28.2 Å². The third kappa shape index (κ3) is 7.04. The topological polar surface area (TPSA) is 61.8 Å². The number of hydrogen-bond donors (Lipinski definition) is 1. The summed E-state index contributed by atoms with van der Waals surface area (Å²) >= 11 is 1.89. The fourth-order valence-corrected chi connectivity index (χ4v) is 15.0. The van der Waals surface area contributed by atoms with E-state index in [4.69, 9.17) is 8.83 Å². The van der Waals surface area contributed by atoms with Gasteiger partial charge in [-0.15, -0.1) is 11.3 Å². The highest BCUT2D eigenvalue weighted by molar-refractivity contribution is 7.26. The van der Waals surface area contributed by atoms with Crippen molar-refractivity contribution in [1.29, 1.82) is 0 Å². The van der Waals surface area contributed by atoms with Crippen LogP contribution in [0, 0.1) is 0 Å². The Kier molecular flexibility index (Phi) is 10.6. The van der Waals surface area contributed by atoms with E-state index in [9.17, 15) is 0 Å². The normalized spacial score (nSPS) is 12.0. The summed E-state index contributed by atoms with van der Waals surface area (Å²) in [7, 11) is 8.54. The van der Waals surface area contributed by atoms with Gasteiger partial charge in [0.05, 0.1) is 10.9 Å². The van der Waals surface area contributed by atoms with Crippen LogP contribution in [0.5, 0.6) is 0 Å². The van der Waals surface area contributed by atoms with Gasteiger partial charge in [-0.3, -0.25) is 0 Å². The zero-order valence-electron chi connectivity index (χ0n) is 46.6. The molecule has 0 saturated carbocycles. The molecule has 0 aliphatic carbocycles. The lowest BCUT2D eigenvalue weighted by Crippen LogP contribution is -1.85. The minimum Gasteiger partial charge on any atom is -0.456 e. The number of H-pyrrole nitrogens is 1. The van der Waals surface area contributed by atoms with Crippen LogP contribution in [0.25, 0.3) is 173 Å². The molecule has 0 saturated heterocycles. The second-order valence-corrected chi connectivity index (χ2v) is 23.3. The molecule has 0 atom stereocenters. The summed E-state index contributed by atoms with van der Waals surface area (Å²) in [5.74, 6) is 0. The average Bonchev–Trinajstić information content (AvgIpc) is 1.95. The van der Waals surface area contributed by atoms with Gasteiger partial charge < -0.3 is 32.1 Å². The predicted molar refractivity (Wildman–Crippen MR) is 359 cm³/mol. The standard InChI is InChI=1S/C19H14N2.2C19H13NO.C19H13NS/c1-21-18-9-5-3-7-13(18)15-10-17-14(11-19(15)21)12-6-2-4-8-16(12)20-17;1-20-15-8-4-2-7-14(15)18-16(20)11-10-13-12-6-3-5-9-17(12)21-19(13)18;2*1-20-14-8-4-2-6-12(14)18-15(20)10-11-17-19(18)13-7-3-5-9-16(13)21-17/h2-11,20H,1H3;3*2-11H,1H3. The van der Waals surface area contributed by atoms with E-state index in [2.05, 4.69) is 270 Å². The Morgan fingerprint density at radius 1 is 0.262 bits per heavy atom. The molecular weight excluding hydrogens is 1050 g/mol. The van der Waals surface area contributed by atoms with Gasteiger partial charge >= 0.3 is 0 Å². The highest BCUT2D eigenvalue weighted by Gasteiger charge is 2.19. The lowest BCUT2D eigenvalue weighted by Gasteiger charge is -1.98. The summed E-state index contributed by atoms with van der Waals surface area (Å²) in [5.41, 5.74) is 16.4. The molecule has 8 aromatic heterocycles. The minimum atomic E-state index is 0.952. The number of para-hydroxylation sites is 7. The Balaban J connectivity index is 0.0000000882. The van der Waals surface area contributed by atoms with E-state index in [1.807, 2.05) is 35.6 Å². The molecule has 8 heterocycles. The maximum Gasteiger partial charge on any atom is 0.145 e. The number of aromatic amines is 1. The number of furan rings is 2. The molecule has 0 aliphatic heterocycles. The third-order valence-electron chi connectivity index (χ3n) is 17.8. The molecule has 7 nitrogen and oxygen atoms in total. The molecule has 84 heavy (non-hydrogen) atoms.